The lowest BCUT2D eigenvalue weighted by molar-refractivity contribution is -0.135. The summed E-state index contributed by atoms with van der Waals surface area (Å²) in [5.41, 5.74) is 0. The van der Waals surface area contributed by atoms with E-state index in [-0.39, 0.29) is 36.4 Å². The number of nitrogens with zero attached hydrogens (tertiary/aromatic N) is 4. The Morgan fingerprint density at radius 1 is 1.38 bits per heavy atom. The van der Waals surface area contributed by atoms with Gasteiger partial charge in [0, 0.05) is 39.6 Å². The van der Waals surface area contributed by atoms with Gasteiger partial charge in [-0.3, -0.25) is 4.99 Å². The molecule has 0 bridgehead atoms. The molecule has 2 N–H and O–H groups in total. The molecule has 2 rings (SSSR count). The van der Waals surface area contributed by atoms with Crippen LogP contribution in [0.5, 0.6) is 0 Å². The number of aryl methyl sites for hydroxylation is 1. The molecule has 0 fully saturated rings. The minimum absolute atomic E-state index is 0. The molecule has 1 aromatic rings. The number of fused-ring (bicyclic) bond motifs is 1. The zero-order valence-corrected chi connectivity index (χ0v) is 17.3. The van der Waals surface area contributed by atoms with Crippen molar-refractivity contribution in [2.45, 2.75) is 57.5 Å². The zero-order valence-electron chi connectivity index (χ0n) is 15.0. The summed E-state index contributed by atoms with van der Waals surface area (Å²) in [6.45, 7) is 1.51. The Kier molecular flexibility index (Phi) is 9.61. The van der Waals surface area contributed by atoms with E-state index in [1.807, 2.05) is 4.68 Å². The van der Waals surface area contributed by atoms with Crippen LogP contribution in [0.2, 0.25) is 0 Å². The largest absolute Gasteiger partial charge is 0.389 e. The highest BCUT2D eigenvalue weighted by Gasteiger charge is 2.26. The monoisotopic (exact) mass is 490 g/mol. The second kappa shape index (κ2) is 10.9. The Hall–Kier alpha value is -1.11. The molecule has 0 radical (unpaired) electrons. The molecular formula is C15H26F3IN6O. The van der Waals surface area contributed by atoms with Gasteiger partial charge in [0.15, 0.2) is 11.8 Å². The molecule has 2 heterocycles. The highest BCUT2D eigenvalue weighted by molar-refractivity contribution is 14.0. The molecule has 150 valence electrons. The fourth-order valence-corrected chi connectivity index (χ4v) is 2.71. The third-order valence-corrected chi connectivity index (χ3v) is 3.92. The van der Waals surface area contributed by atoms with Crippen molar-refractivity contribution in [2.75, 3.05) is 20.7 Å². The van der Waals surface area contributed by atoms with Gasteiger partial charge in [0.05, 0.1) is 6.54 Å². The molecule has 0 saturated heterocycles. The molecule has 1 atom stereocenters. The minimum atomic E-state index is -4.08. The number of aliphatic imine (C=N–C) groups is 1. The number of methoxy groups -OCH3 is 1. The van der Waals surface area contributed by atoms with Gasteiger partial charge in [-0.05, 0) is 19.3 Å². The van der Waals surface area contributed by atoms with E-state index < -0.39 is 12.6 Å². The van der Waals surface area contributed by atoms with Crippen molar-refractivity contribution in [1.29, 1.82) is 0 Å². The number of guanidine groups is 1. The van der Waals surface area contributed by atoms with Gasteiger partial charge in [0.1, 0.15) is 12.4 Å². The summed E-state index contributed by atoms with van der Waals surface area (Å²) in [7, 11) is 3.25. The number of ether oxygens (including phenoxy) is 1. The average Bonchev–Trinajstić information content (AvgIpc) is 2.94. The number of rotatable bonds is 7. The minimum Gasteiger partial charge on any atom is -0.377 e. The standard InChI is InChI=1S/C15H25F3N6O.HI/c1-19-14(20-8-4-3-7-15(16,17)18)21-11-5-6-13-22-12(10-25-2)23-24(13)9-11;/h11H,3-10H2,1-2H3,(H2,19,20,21);1H. The van der Waals surface area contributed by atoms with E-state index >= 15 is 0 Å². The molecule has 7 nitrogen and oxygen atoms in total. The van der Waals surface area contributed by atoms with Gasteiger partial charge < -0.3 is 15.4 Å². The highest BCUT2D eigenvalue weighted by atomic mass is 127. The SMILES string of the molecule is CN=C(NCCCCC(F)(F)F)NC1CCc2nc(COC)nn2C1.I. The normalized spacial score (nSPS) is 17.4. The molecule has 1 aliphatic heterocycles. The van der Waals surface area contributed by atoms with Crippen molar-refractivity contribution in [2.24, 2.45) is 4.99 Å². The van der Waals surface area contributed by atoms with E-state index in [1.54, 1.807) is 14.2 Å². The Morgan fingerprint density at radius 2 is 2.15 bits per heavy atom. The number of aromatic nitrogens is 3. The van der Waals surface area contributed by atoms with Crippen molar-refractivity contribution in [3.8, 4) is 0 Å². The van der Waals surface area contributed by atoms with Crippen molar-refractivity contribution in [3.05, 3.63) is 11.6 Å². The maximum atomic E-state index is 12.1. The first kappa shape index (κ1) is 22.9. The second-order valence-electron chi connectivity index (χ2n) is 6.01. The van der Waals surface area contributed by atoms with Gasteiger partial charge in [-0.25, -0.2) is 9.67 Å². The molecule has 1 aromatic heterocycles. The van der Waals surface area contributed by atoms with Crippen LogP contribution in [0.1, 0.15) is 37.3 Å². The number of unbranched alkanes of at least 4 members (excludes halogenated alkanes) is 1. The lowest BCUT2D eigenvalue weighted by Gasteiger charge is -2.25. The Bertz CT molecular complexity index is 578. The Labute approximate surface area is 168 Å². The van der Waals surface area contributed by atoms with E-state index in [0.717, 1.165) is 18.7 Å². The van der Waals surface area contributed by atoms with Crippen molar-refractivity contribution < 1.29 is 17.9 Å². The van der Waals surface area contributed by atoms with Crippen LogP contribution in [0.3, 0.4) is 0 Å². The maximum Gasteiger partial charge on any atom is 0.389 e. The topological polar surface area (TPSA) is 76.4 Å². The number of alkyl halides is 3. The predicted octanol–water partition coefficient (Wildman–Crippen LogP) is 2.25. The Balaban J connectivity index is 0.00000338. The molecule has 0 aromatic carbocycles. The fraction of sp³-hybridized carbons (Fsp3) is 0.800. The first-order valence-corrected chi connectivity index (χ1v) is 8.36. The molecule has 1 unspecified atom stereocenters. The summed E-state index contributed by atoms with van der Waals surface area (Å²) in [6, 6.07) is 0.144. The smallest absolute Gasteiger partial charge is 0.377 e. The van der Waals surface area contributed by atoms with E-state index in [1.165, 1.54) is 0 Å². The van der Waals surface area contributed by atoms with E-state index in [2.05, 4.69) is 25.7 Å². The van der Waals surface area contributed by atoms with Crippen LogP contribution in [-0.4, -0.2) is 53.6 Å². The maximum absolute atomic E-state index is 12.1. The van der Waals surface area contributed by atoms with Crippen LogP contribution >= 0.6 is 24.0 Å². The third kappa shape index (κ3) is 7.64. The molecule has 0 saturated carbocycles. The predicted molar refractivity (Wildman–Crippen MR) is 103 cm³/mol. The van der Waals surface area contributed by atoms with Crippen molar-refractivity contribution in [3.63, 3.8) is 0 Å². The highest BCUT2D eigenvalue weighted by Crippen LogP contribution is 2.21. The lowest BCUT2D eigenvalue weighted by Crippen LogP contribution is -2.47. The van der Waals surface area contributed by atoms with Crippen LogP contribution in [0.4, 0.5) is 13.2 Å². The van der Waals surface area contributed by atoms with Crippen LogP contribution in [0, 0.1) is 0 Å². The van der Waals surface area contributed by atoms with Gasteiger partial charge in [-0.15, -0.1) is 24.0 Å². The van der Waals surface area contributed by atoms with Crippen molar-refractivity contribution >= 4 is 29.9 Å². The molecule has 11 heteroatoms. The number of halogens is 4. The van der Waals surface area contributed by atoms with E-state index in [0.29, 0.717) is 37.9 Å². The van der Waals surface area contributed by atoms with Gasteiger partial charge in [-0.1, -0.05) is 0 Å². The summed E-state index contributed by atoms with van der Waals surface area (Å²) in [6.07, 6.45) is -2.59. The van der Waals surface area contributed by atoms with E-state index in [4.69, 9.17) is 4.74 Å². The van der Waals surface area contributed by atoms with E-state index in [9.17, 15) is 13.2 Å². The van der Waals surface area contributed by atoms with Crippen LogP contribution < -0.4 is 10.6 Å². The number of hydrogen-bond acceptors (Lipinski definition) is 4. The molecule has 1 aliphatic rings. The molecule has 0 amide bonds. The number of nitrogens with one attached hydrogen (secondary N) is 2. The van der Waals surface area contributed by atoms with Gasteiger partial charge in [-0.2, -0.15) is 18.3 Å². The summed E-state index contributed by atoms with van der Waals surface area (Å²) in [5.74, 6) is 2.21. The summed E-state index contributed by atoms with van der Waals surface area (Å²) < 4.78 is 43.2. The Morgan fingerprint density at radius 3 is 2.81 bits per heavy atom. The quantitative estimate of drug-likeness (QED) is 0.266. The fourth-order valence-electron chi connectivity index (χ4n) is 2.71. The second-order valence-corrected chi connectivity index (χ2v) is 6.01. The summed E-state index contributed by atoms with van der Waals surface area (Å²) in [4.78, 5) is 8.55. The molecule has 0 aliphatic carbocycles. The summed E-state index contributed by atoms with van der Waals surface area (Å²) in [5, 5.41) is 10.8. The molecule has 0 spiro atoms. The third-order valence-electron chi connectivity index (χ3n) is 3.92. The van der Waals surface area contributed by atoms with Gasteiger partial charge in [0.2, 0.25) is 0 Å². The first-order valence-electron chi connectivity index (χ1n) is 8.36. The molecular weight excluding hydrogens is 464 g/mol. The zero-order chi connectivity index (χ0) is 18.3. The average molecular weight is 490 g/mol. The van der Waals surface area contributed by atoms with Crippen molar-refractivity contribution in [1.82, 2.24) is 25.4 Å². The first-order chi connectivity index (χ1) is 11.9. The molecule has 26 heavy (non-hydrogen) atoms. The lowest BCUT2D eigenvalue weighted by atomic mass is 10.1. The van der Waals surface area contributed by atoms with Gasteiger partial charge >= 0.3 is 6.18 Å². The van der Waals surface area contributed by atoms with Gasteiger partial charge in [0.25, 0.3) is 0 Å². The van der Waals surface area contributed by atoms with Crippen LogP contribution in [-0.2, 0) is 24.3 Å². The summed E-state index contributed by atoms with van der Waals surface area (Å²) >= 11 is 0. The number of hydrogen-bond donors (Lipinski definition) is 2. The van der Waals surface area contributed by atoms with Crippen LogP contribution in [0.15, 0.2) is 4.99 Å². The van der Waals surface area contributed by atoms with Crippen LogP contribution in [0.25, 0.3) is 0 Å².